The monoisotopic (exact) mass is 341 g/mol. The summed E-state index contributed by atoms with van der Waals surface area (Å²) in [5.41, 5.74) is 10.8. The lowest BCUT2D eigenvalue weighted by Crippen LogP contribution is -2.54. The minimum Gasteiger partial charge on any atom is -0.390 e. The predicted octanol–water partition coefficient (Wildman–Crippen LogP) is -0.224. The predicted molar refractivity (Wildman–Crippen MR) is 89.6 cm³/mol. The molecule has 0 heterocycles. The highest BCUT2D eigenvalue weighted by Gasteiger charge is 2.39. The smallest absolute Gasteiger partial charge is 0.237 e. The van der Waals surface area contributed by atoms with Gasteiger partial charge in [0.25, 0.3) is 0 Å². The molecule has 0 saturated heterocycles. The first-order chi connectivity index (χ1) is 11.4. The van der Waals surface area contributed by atoms with E-state index in [1.165, 1.54) is 6.42 Å². The third kappa shape index (κ3) is 5.72. The van der Waals surface area contributed by atoms with Gasteiger partial charge in [0.1, 0.15) is 6.10 Å². The lowest BCUT2D eigenvalue weighted by Gasteiger charge is -2.32. The van der Waals surface area contributed by atoms with Crippen molar-refractivity contribution in [1.29, 1.82) is 0 Å². The summed E-state index contributed by atoms with van der Waals surface area (Å²) in [6, 6.07) is -1.57. The number of carbonyl (C=O) groups excluding carboxylic acids is 2. The molecule has 0 spiro atoms. The van der Waals surface area contributed by atoms with Gasteiger partial charge in [-0.2, -0.15) is 0 Å². The topological polar surface area (TPSA) is 139 Å². The van der Waals surface area contributed by atoms with E-state index in [2.05, 4.69) is 5.32 Å². The van der Waals surface area contributed by atoms with E-state index in [-0.39, 0.29) is 12.3 Å². The van der Waals surface area contributed by atoms with Crippen LogP contribution in [0.15, 0.2) is 0 Å². The zero-order chi connectivity index (χ0) is 17.7. The number of hydrogen-bond donors (Lipinski definition) is 5. The number of amides is 2. The number of primary amides is 1. The van der Waals surface area contributed by atoms with Crippen LogP contribution in [0.4, 0.5) is 0 Å². The molecule has 24 heavy (non-hydrogen) atoms. The maximum atomic E-state index is 12.2. The van der Waals surface area contributed by atoms with E-state index < -0.39 is 36.1 Å². The van der Waals surface area contributed by atoms with Crippen LogP contribution < -0.4 is 16.8 Å². The Balaban J connectivity index is 1.97. The second-order valence-electron chi connectivity index (χ2n) is 7.45. The van der Waals surface area contributed by atoms with Crippen LogP contribution in [0, 0.1) is 11.8 Å². The van der Waals surface area contributed by atoms with Crippen molar-refractivity contribution in [1.82, 2.24) is 5.32 Å². The summed E-state index contributed by atoms with van der Waals surface area (Å²) >= 11 is 0. The second-order valence-corrected chi connectivity index (χ2v) is 7.45. The van der Waals surface area contributed by atoms with Crippen molar-refractivity contribution in [3.05, 3.63) is 0 Å². The summed E-state index contributed by atoms with van der Waals surface area (Å²) in [5, 5.41) is 23.5. The molecule has 7 N–H and O–H groups in total. The Labute approximate surface area is 143 Å². The molecule has 0 bridgehead atoms. The first-order valence-electron chi connectivity index (χ1n) is 9.09. The van der Waals surface area contributed by atoms with Crippen LogP contribution in [0.5, 0.6) is 0 Å². The van der Waals surface area contributed by atoms with Crippen molar-refractivity contribution in [3.8, 4) is 0 Å². The van der Waals surface area contributed by atoms with Gasteiger partial charge >= 0.3 is 0 Å². The zero-order valence-corrected chi connectivity index (χ0v) is 14.2. The van der Waals surface area contributed by atoms with Crippen molar-refractivity contribution in [2.75, 3.05) is 0 Å². The molecule has 2 aliphatic carbocycles. The third-order valence-corrected chi connectivity index (χ3v) is 5.26. The Hall–Kier alpha value is -1.18. The summed E-state index contributed by atoms with van der Waals surface area (Å²) in [7, 11) is 0. The Morgan fingerprint density at radius 3 is 2.25 bits per heavy atom. The van der Waals surface area contributed by atoms with Crippen LogP contribution in [-0.4, -0.2) is 46.3 Å². The standard InChI is InChI=1S/C17H31N3O4/c18-12(9-14(19)21)17(24)20-13(8-10-4-2-1-3-5-10)16(23)15(22)11-6-7-11/h10-13,15-16,22-23H,1-9,18H2,(H2,19,21)(H,20,24)/t12-,13-,15-,16+/m0/s1. The van der Waals surface area contributed by atoms with Crippen LogP contribution in [0.1, 0.15) is 57.8 Å². The molecule has 7 nitrogen and oxygen atoms in total. The number of rotatable bonds is 9. The zero-order valence-electron chi connectivity index (χ0n) is 14.2. The van der Waals surface area contributed by atoms with Gasteiger partial charge in [-0.05, 0) is 31.1 Å². The molecule has 4 atom stereocenters. The van der Waals surface area contributed by atoms with Crippen molar-refractivity contribution < 1.29 is 19.8 Å². The van der Waals surface area contributed by atoms with Crippen molar-refractivity contribution in [2.24, 2.45) is 23.3 Å². The largest absolute Gasteiger partial charge is 0.390 e. The molecule has 2 rings (SSSR count). The lowest BCUT2D eigenvalue weighted by molar-refractivity contribution is -0.128. The van der Waals surface area contributed by atoms with Gasteiger partial charge in [0.15, 0.2) is 0 Å². The second kappa shape index (κ2) is 8.78. The molecular weight excluding hydrogens is 310 g/mol. The molecule has 0 unspecified atom stereocenters. The first-order valence-corrected chi connectivity index (χ1v) is 9.09. The number of aliphatic hydroxyl groups is 2. The van der Waals surface area contributed by atoms with E-state index in [1.54, 1.807) is 0 Å². The molecule has 0 radical (unpaired) electrons. The summed E-state index contributed by atoms with van der Waals surface area (Å²) < 4.78 is 0. The molecule has 138 valence electrons. The van der Waals surface area contributed by atoms with Crippen LogP contribution in [0.25, 0.3) is 0 Å². The minimum absolute atomic E-state index is 0.116. The summed E-state index contributed by atoms with van der Waals surface area (Å²) in [6.07, 6.45) is 6.07. The summed E-state index contributed by atoms with van der Waals surface area (Å²) in [4.78, 5) is 23.1. The summed E-state index contributed by atoms with van der Waals surface area (Å²) in [5.74, 6) is -0.598. The molecule has 2 amide bonds. The number of nitrogens with one attached hydrogen (secondary N) is 1. The number of aliphatic hydroxyl groups excluding tert-OH is 2. The quantitative estimate of drug-likeness (QED) is 0.394. The molecule has 0 aromatic carbocycles. The Morgan fingerprint density at radius 2 is 1.71 bits per heavy atom. The fourth-order valence-corrected chi connectivity index (χ4v) is 3.62. The normalized spacial score (nSPS) is 24.0. The van der Waals surface area contributed by atoms with Gasteiger partial charge in [0, 0.05) is 0 Å². The van der Waals surface area contributed by atoms with Crippen LogP contribution >= 0.6 is 0 Å². The molecule has 2 aliphatic rings. The van der Waals surface area contributed by atoms with Gasteiger partial charge in [0.2, 0.25) is 11.8 Å². The molecule has 7 heteroatoms. The average Bonchev–Trinajstić information content (AvgIpc) is 3.38. The lowest BCUT2D eigenvalue weighted by atomic mass is 9.82. The third-order valence-electron chi connectivity index (χ3n) is 5.26. The molecular formula is C17H31N3O4. The van der Waals surface area contributed by atoms with Gasteiger partial charge in [-0.1, -0.05) is 32.1 Å². The Bertz CT molecular complexity index is 436. The van der Waals surface area contributed by atoms with Crippen LogP contribution in [-0.2, 0) is 9.59 Å². The van der Waals surface area contributed by atoms with Crippen molar-refractivity contribution in [2.45, 2.75) is 82.1 Å². The highest BCUT2D eigenvalue weighted by Crippen LogP contribution is 2.36. The minimum atomic E-state index is -1.03. The molecule has 2 saturated carbocycles. The van der Waals surface area contributed by atoms with Gasteiger partial charge in [0.05, 0.1) is 24.6 Å². The first kappa shape index (κ1) is 19.1. The SMILES string of the molecule is NC(=O)C[C@H](N)C(=O)N[C@@H](CC1CCCCC1)[C@@H](O)[C@@H](O)C1CC1. The van der Waals surface area contributed by atoms with Gasteiger partial charge in [-0.25, -0.2) is 0 Å². The Morgan fingerprint density at radius 1 is 1.08 bits per heavy atom. The average molecular weight is 341 g/mol. The van der Waals surface area contributed by atoms with Crippen LogP contribution in [0.2, 0.25) is 0 Å². The van der Waals surface area contributed by atoms with Crippen molar-refractivity contribution in [3.63, 3.8) is 0 Å². The highest BCUT2D eigenvalue weighted by atomic mass is 16.3. The van der Waals surface area contributed by atoms with E-state index in [9.17, 15) is 19.8 Å². The van der Waals surface area contributed by atoms with E-state index in [0.717, 1.165) is 38.5 Å². The van der Waals surface area contributed by atoms with E-state index >= 15 is 0 Å². The van der Waals surface area contributed by atoms with Crippen molar-refractivity contribution >= 4 is 11.8 Å². The fourth-order valence-electron chi connectivity index (χ4n) is 3.62. The van der Waals surface area contributed by atoms with E-state index in [0.29, 0.717) is 12.3 Å². The fraction of sp³-hybridized carbons (Fsp3) is 0.882. The summed E-state index contributed by atoms with van der Waals surface area (Å²) in [6.45, 7) is 0. The van der Waals surface area contributed by atoms with Crippen LogP contribution in [0.3, 0.4) is 0 Å². The maximum absolute atomic E-state index is 12.2. The van der Waals surface area contributed by atoms with Gasteiger partial charge < -0.3 is 27.0 Å². The maximum Gasteiger partial charge on any atom is 0.237 e. The Kier molecular flexibility index (Phi) is 7.01. The number of carbonyl (C=O) groups is 2. The number of hydrogen-bond acceptors (Lipinski definition) is 5. The van der Waals surface area contributed by atoms with Gasteiger partial charge in [-0.3, -0.25) is 9.59 Å². The van der Waals surface area contributed by atoms with E-state index in [4.69, 9.17) is 11.5 Å². The molecule has 2 fully saturated rings. The van der Waals surface area contributed by atoms with E-state index in [1.807, 2.05) is 0 Å². The molecule has 0 aromatic heterocycles. The molecule has 0 aromatic rings. The highest BCUT2D eigenvalue weighted by molar-refractivity contribution is 5.87. The molecule has 0 aliphatic heterocycles. The number of nitrogens with two attached hydrogens (primary N) is 2. The van der Waals surface area contributed by atoms with Gasteiger partial charge in [-0.15, -0.1) is 0 Å².